The number of hydrogen-bond donors (Lipinski definition) is 1. The molecule has 0 saturated heterocycles. The maximum absolute atomic E-state index is 13.1. The predicted octanol–water partition coefficient (Wildman–Crippen LogP) is 1.38. The van der Waals surface area contributed by atoms with Gasteiger partial charge in [-0.3, -0.25) is 9.59 Å². The molecule has 0 bridgehead atoms. The van der Waals surface area contributed by atoms with Crippen LogP contribution in [-0.4, -0.2) is 18.1 Å². The Hall–Kier alpha value is -2.17. The molecule has 0 aliphatic rings. The number of esters is 1. The minimum atomic E-state index is -0.471. The Bertz CT molecular complexity index is 633. The first-order valence-electron chi connectivity index (χ1n) is 4.98. The lowest BCUT2D eigenvalue weighted by atomic mass is 10.1. The highest BCUT2D eigenvalue weighted by Gasteiger charge is 2.09. The largest absolute Gasteiger partial charge is 0.469 e. The molecule has 2 rings (SSSR count). The highest BCUT2D eigenvalue weighted by Crippen LogP contribution is 2.17. The van der Waals surface area contributed by atoms with Gasteiger partial charge in [0.25, 0.3) is 0 Å². The molecule has 0 amide bonds. The molecule has 5 heteroatoms. The zero-order valence-electron chi connectivity index (χ0n) is 9.12. The van der Waals surface area contributed by atoms with Gasteiger partial charge < -0.3 is 9.72 Å². The minimum Gasteiger partial charge on any atom is -0.469 e. The molecule has 4 nitrogen and oxygen atoms in total. The number of nitrogens with one attached hydrogen (secondary N) is 1. The van der Waals surface area contributed by atoms with Crippen molar-refractivity contribution in [2.75, 3.05) is 7.11 Å². The highest BCUT2D eigenvalue weighted by atomic mass is 19.1. The summed E-state index contributed by atoms with van der Waals surface area (Å²) in [6.07, 6.45) is -0.0552. The molecule has 0 unspecified atom stereocenters. The summed E-state index contributed by atoms with van der Waals surface area (Å²) in [5.74, 6) is -0.892. The SMILES string of the molecule is COC(=O)Cc1cc(=O)[nH]c2ccc(F)cc12. The Morgan fingerprint density at radius 1 is 1.41 bits per heavy atom. The zero-order valence-corrected chi connectivity index (χ0v) is 9.12. The second-order valence-electron chi connectivity index (χ2n) is 3.60. The van der Waals surface area contributed by atoms with Gasteiger partial charge in [-0.05, 0) is 23.8 Å². The number of H-pyrrole nitrogens is 1. The topological polar surface area (TPSA) is 59.2 Å². The third-order valence-corrected chi connectivity index (χ3v) is 2.45. The summed E-state index contributed by atoms with van der Waals surface area (Å²) in [6.45, 7) is 0. The number of rotatable bonds is 2. The maximum atomic E-state index is 13.1. The van der Waals surface area contributed by atoms with Gasteiger partial charge in [0.15, 0.2) is 0 Å². The van der Waals surface area contributed by atoms with E-state index in [1.54, 1.807) is 0 Å². The van der Waals surface area contributed by atoms with Gasteiger partial charge in [-0.1, -0.05) is 0 Å². The Morgan fingerprint density at radius 2 is 2.18 bits per heavy atom. The molecular weight excluding hydrogens is 225 g/mol. The van der Waals surface area contributed by atoms with Crippen molar-refractivity contribution in [1.29, 1.82) is 0 Å². The fourth-order valence-corrected chi connectivity index (χ4v) is 1.67. The molecule has 0 atom stereocenters. The quantitative estimate of drug-likeness (QED) is 0.800. The van der Waals surface area contributed by atoms with E-state index in [0.29, 0.717) is 16.5 Å². The van der Waals surface area contributed by atoms with Crippen LogP contribution in [0.3, 0.4) is 0 Å². The van der Waals surface area contributed by atoms with Gasteiger partial charge in [-0.2, -0.15) is 0 Å². The van der Waals surface area contributed by atoms with Gasteiger partial charge in [0.2, 0.25) is 5.56 Å². The highest BCUT2D eigenvalue weighted by molar-refractivity contribution is 5.86. The molecule has 0 fully saturated rings. The molecule has 2 aromatic rings. The van der Waals surface area contributed by atoms with Crippen LogP contribution < -0.4 is 5.56 Å². The monoisotopic (exact) mass is 235 g/mol. The number of halogens is 1. The normalized spacial score (nSPS) is 10.5. The molecule has 0 saturated carbocycles. The molecule has 1 heterocycles. The summed E-state index contributed by atoms with van der Waals surface area (Å²) in [4.78, 5) is 25.1. The lowest BCUT2D eigenvalue weighted by molar-refractivity contribution is -0.139. The first kappa shape index (κ1) is 11.3. The lowest BCUT2D eigenvalue weighted by Gasteiger charge is -2.05. The standard InChI is InChI=1S/C12H10FNO3/c1-17-12(16)5-7-4-11(15)14-10-3-2-8(13)6-9(7)10/h2-4,6H,5H2,1H3,(H,14,15). The minimum absolute atomic E-state index is 0.0552. The number of methoxy groups -OCH3 is 1. The van der Waals surface area contributed by atoms with Crippen molar-refractivity contribution < 1.29 is 13.9 Å². The first-order valence-corrected chi connectivity index (χ1v) is 4.98. The van der Waals surface area contributed by atoms with E-state index in [9.17, 15) is 14.0 Å². The maximum Gasteiger partial charge on any atom is 0.310 e. The average Bonchev–Trinajstić information content (AvgIpc) is 2.29. The van der Waals surface area contributed by atoms with Crippen LogP contribution in [-0.2, 0) is 16.0 Å². The van der Waals surface area contributed by atoms with E-state index in [1.807, 2.05) is 0 Å². The van der Waals surface area contributed by atoms with E-state index in [1.165, 1.54) is 31.4 Å². The van der Waals surface area contributed by atoms with E-state index in [4.69, 9.17) is 0 Å². The summed E-state index contributed by atoms with van der Waals surface area (Å²) in [6, 6.07) is 5.27. The Labute approximate surface area is 96.0 Å². The van der Waals surface area contributed by atoms with Crippen LogP contribution in [0.5, 0.6) is 0 Å². The predicted molar refractivity (Wildman–Crippen MR) is 60.2 cm³/mol. The smallest absolute Gasteiger partial charge is 0.310 e. The number of aromatic nitrogens is 1. The van der Waals surface area contributed by atoms with Crippen LogP contribution in [0.4, 0.5) is 4.39 Å². The van der Waals surface area contributed by atoms with Crippen LogP contribution >= 0.6 is 0 Å². The summed E-state index contributed by atoms with van der Waals surface area (Å²) in [5, 5.41) is 0.509. The van der Waals surface area contributed by atoms with Crippen molar-refractivity contribution >= 4 is 16.9 Å². The number of pyridine rings is 1. The van der Waals surface area contributed by atoms with E-state index in [0.717, 1.165) is 0 Å². The summed E-state index contributed by atoms with van der Waals surface area (Å²) in [7, 11) is 1.26. The van der Waals surface area contributed by atoms with Gasteiger partial charge >= 0.3 is 5.97 Å². The van der Waals surface area contributed by atoms with Crippen LogP contribution in [0.1, 0.15) is 5.56 Å². The van der Waals surface area contributed by atoms with E-state index >= 15 is 0 Å². The molecule has 1 aromatic carbocycles. The average molecular weight is 235 g/mol. The van der Waals surface area contributed by atoms with E-state index in [2.05, 4.69) is 9.72 Å². The summed E-state index contributed by atoms with van der Waals surface area (Å²) >= 11 is 0. The molecule has 0 radical (unpaired) electrons. The van der Waals surface area contributed by atoms with Crippen LogP contribution in [0.25, 0.3) is 10.9 Å². The number of fused-ring (bicyclic) bond motifs is 1. The Balaban J connectivity index is 2.63. The lowest BCUT2D eigenvalue weighted by Crippen LogP contribution is -2.11. The molecule has 0 aliphatic heterocycles. The number of ether oxygens (including phenoxy) is 1. The van der Waals surface area contributed by atoms with Crippen molar-refractivity contribution in [3.8, 4) is 0 Å². The molecule has 88 valence electrons. The van der Waals surface area contributed by atoms with E-state index < -0.39 is 11.8 Å². The number of aromatic amines is 1. The van der Waals surface area contributed by atoms with Gasteiger partial charge in [0.1, 0.15) is 5.82 Å². The third-order valence-electron chi connectivity index (χ3n) is 2.45. The second-order valence-corrected chi connectivity index (χ2v) is 3.60. The number of carbonyl (C=O) groups excluding carboxylic acids is 1. The van der Waals surface area contributed by atoms with Crippen molar-refractivity contribution in [3.05, 3.63) is 46.0 Å². The van der Waals surface area contributed by atoms with Crippen molar-refractivity contribution in [2.45, 2.75) is 6.42 Å². The molecule has 17 heavy (non-hydrogen) atoms. The van der Waals surface area contributed by atoms with Crippen LogP contribution in [0.15, 0.2) is 29.1 Å². The van der Waals surface area contributed by atoms with Gasteiger partial charge in [0.05, 0.1) is 13.5 Å². The van der Waals surface area contributed by atoms with Crippen LogP contribution in [0, 0.1) is 5.82 Å². The summed E-state index contributed by atoms with van der Waals surface area (Å²) in [5.41, 5.74) is 0.621. The van der Waals surface area contributed by atoms with Crippen LogP contribution in [0.2, 0.25) is 0 Å². The third kappa shape index (κ3) is 2.33. The Morgan fingerprint density at radius 3 is 2.88 bits per heavy atom. The molecule has 0 aliphatic carbocycles. The fraction of sp³-hybridized carbons (Fsp3) is 0.167. The molecular formula is C12H10FNO3. The summed E-state index contributed by atoms with van der Waals surface area (Å²) < 4.78 is 17.7. The van der Waals surface area contributed by atoms with E-state index in [-0.39, 0.29) is 12.0 Å². The van der Waals surface area contributed by atoms with Crippen molar-refractivity contribution in [1.82, 2.24) is 4.98 Å². The number of hydrogen-bond acceptors (Lipinski definition) is 3. The number of carbonyl (C=O) groups is 1. The molecule has 0 spiro atoms. The van der Waals surface area contributed by atoms with Crippen molar-refractivity contribution in [3.63, 3.8) is 0 Å². The van der Waals surface area contributed by atoms with Crippen molar-refractivity contribution in [2.24, 2.45) is 0 Å². The zero-order chi connectivity index (χ0) is 12.4. The fourth-order valence-electron chi connectivity index (χ4n) is 1.67. The second kappa shape index (κ2) is 4.37. The molecule has 1 N–H and O–H groups in total. The molecule has 1 aromatic heterocycles. The number of benzene rings is 1. The van der Waals surface area contributed by atoms with Gasteiger partial charge in [-0.25, -0.2) is 4.39 Å². The first-order chi connectivity index (χ1) is 8.10. The Kier molecular flexibility index (Phi) is 2.91. The van der Waals surface area contributed by atoms with Gasteiger partial charge in [0, 0.05) is 17.0 Å². The van der Waals surface area contributed by atoms with Gasteiger partial charge in [-0.15, -0.1) is 0 Å².